The molecule has 0 atom stereocenters. The zero-order valence-corrected chi connectivity index (χ0v) is 12.8. The first kappa shape index (κ1) is 17.0. The van der Waals surface area contributed by atoms with Crippen LogP contribution in [0.15, 0.2) is 30.9 Å². The van der Waals surface area contributed by atoms with Crippen LogP contribution >= 0.6 is 0 Å². The van der Waals surface area contributed by atoms with E-state index in [2.05, 4.69) is 18.8 Å². The third-order valence-corrected chi connectivity index (χ3v) is 2.92. The summed E-state index contributed by atoms with van der Waals surface area (Å²) >= 11 is 0. The minimum absolute atomic E-state index is 0.0793. The number of aliphatic hydroxyl groups excluding tert-OH is 1. The average Bonchev–Trinajstić information content (AvgIpc) is 2.47. The highest BCUT2D eigenvalue weighted by Gasteiger charge is 2.12. The minimum Gasteiger partial charge on any atom is -0.494 e. The van der Waals surface area contributed by atoms with Crippen LogP contribution in [0.5, 0.6) is 5.75 Å². The Morgan fingerprint density at radius 1 is 1.52 bits per heavy atom. The summed E-state index contributed by atoms with van der Waals surface area (Å²) < 4.78 is 5.55. The van der Waals surface area contributed by atoms with E-state index in [0.717, 1.165) is 23.4 Å². The summed E-state index contributed by atoms with van der Waals surface area (Å²) in [7, 11) is 0. The maximum absolute atomic E-state index is 12.1. The number of amides is 2. The lowest BCUT2D eigenvalue weighted by atomic mass is 10.2. The van der Waals surface area contributed by atoms with Crippen molar-refractivity contribution in [3.8, 4) is 5.75 Å². The molecule has 116 valence electrons. The number of nitrogens with one attached hydrogen (secondary N) is 1. The number of aryl methyl sites for hydroxylation is 1. The summed E-state index contributed by atoms with van der Waals surface area (Å²) in [6, 6.07) is 5.30. The first-order valence-electron chi connectivity index (χ1n) is 7.13. The van der Waals surface area contributed by atoms with E-state index in [-0.39, 0.29) is 19.2 Å². The molecule has 2 amide bonds. The standard InChI is InChI=1S/C16H24N2O3/c1-4-8-18(9-10-19)16(20)17-15-7-6-14(12-13(15)3)21-11-5-2/h4,6-7,12,19H,1,5,8-11H2,2-3H3,(H,17,20). The molecule has 0 fully saturated rings. The Morgan fingerprint density at radius 3 is 2.86 bits per heavy atom. The second-order valence-corrected chi connectivity index (χ2v) is 4.71. The van der Waals surface area contributed by atoms with Gasteiger partial charge in [-0.15, -0.1) is 6.58 Å². The molecule has 0 saturated carbocycles. The Balaban J connectivity index is 2.72. The molecular formula is C16H24N2O3. The molecule has 0 aliphatic carbocycles. The number of carbonyl (C=O) groups excluding carboxylic acids is 1. The van der Waals surface area contributed by atoms with Crippen molar-refractivity contribution in [3.05, 3.63) is 36.4 Å². The fraction of sp³-hybridized carbons (Fsp3) is 0.438. The second-order valence-electron chi connectivity index (χ2n) is 4.71. The van der Waals surface area contributed by atoms with Gasteiger partial charge in [0.1, 0.15) is 5.75 Å². The van der Waals surface area contributed by atoms with Crippen LogP contribution in [-0.2, 0) is 0 Å². The van der Waals surface area contributed by atoms with Gasteiger partial charge in [0.2, 0.25) is 0 Å². The van der Waals surface area contributed by atoms with Crippen molar-refractivity contribution < 1.29 is 14.6 Å². The van der Waals surface area contributed by atoms with Crippen LogP contribution in [0.3, 0.4) is 0 Å². The predicted octanol–water partition coefficient (Wildman–Crippen LogP) is 2.80. The zero-order valence-electron chi connectivity index (χ0n) is 12.8. The summed E-state index contributed by atoms with van der Waals surface area (Å²) in [5, 5.41) is 11.8. The SMILES string of the molecule is C=CCN(CCO)C(=O)Nc1ccc(OCCC)cc1C. The number of carbonyl (C=O) groups is 1. The van der Waals surface area contributed by atoms with Crippen molar-refractivity contribution in [2.45, 2.75) is 20.3 Å². The smallest absolute Gasteiger partial charge is 0.322 e. The van der Waals surface area contributed by atoms with Gasteiger partial charge in [-0.1, -0.05) is 13.0 Å². The van der Waals surface area contributed by atoms with Crippen LogP contribution in [0, 0.1) is 6.92 Å². The van der Waals surface area contributed by atoms with E-state index in [1.54, 1.807) is 6.08 Å². The van der Waals surface area contributed by atoms with Crippen molar-refractivity contribution in [2.24, 2.45) is 0 Å². The average molecular weight is 292 g/mol. The quantitative estimate of drug-likeness (QED) is 0.724. The van der Waals surface area contributed by atoms with Gasteiger partial charge in [0.25, 0.3) is 0 Å². The van der Waals surface area contributed by atoms with Gasteiger partial charge >= 0.3 is 6.03 Å². The molecule has 0 radical (unpaired) electrons. The fourth-order valence-electron chi connectivity index (χ4n) is 1.83. The highest BCUT2D eigenvalue weighted by atomic mass is 16.5. The topological polar surface area (TPSA) is 61.8 Å². The number of hydrogen-bond acceptors (Lipinski definition) is 3. The van der Waals surface area contributed by atoms with Gasteiger partial charge in [-0.05, 0) is 37.1 Å². The first-order chi connectivity index (χ1) is 10.1. The number of hydrogen-bond donors (Lipinski definition) is 2. The van der Waals surface area contributed by atoms with Crippen molar-refractivity contribution in [1.29, 1.82) is 0 Å². The second kappa shape index (κ2) is 9.02. The highest BCUT2D eigenvalue weighted by molar-refractivity contribution is 5.90. The molecule has 0 spiro atoms. The monoisotopic (exact) mass is 292 g/mol. The Hall–Kier alpha value is -2.01. The van der Waals surface area contributed by atoms with Crippen LogP contribution in [0.4, 0.5) is 10.5 Å². The maximum atomic E-state index is 12.1. The highest BCUT2D eigenvalue weighted by Crippen LogP contribution is 2.21. The Bertz CT molecular complexity index is 475. The molecule has 21 heavy (non-hydrogen) atoms. The van der Waals surface area contributed by atoms with Gasteiger partial charge < -0.3 is 20.1 Å². The number of aliphatic hydroxyl groups is 1. The number of anilines is 1. The maximum Gasteiger partial charge on any atom is 0.322 e. The van der Waals surface area contributed by atoms with E-state index < -0.39 is 0 Å². The molecule has 1 rings (SSSR count). The Morgan fingerprint density at radius 2 is 2.29 bits per heavy atom. The van der Waals surface area contributed by atoms with Crippen LogP contribution in [0.25, 0.3) is 0 Å². The molecule has 0 unspecified atom stereocenters. The summed E-state index contributed by atoms with van der Waals surface area (Å²) in [6.45, 7) is 8.84. The van der Waals surface area contributed by atoms with Gasteiger partial charge in [0.05, 0.1) is 13.2 Å². The lowest BCUT2D eigenvalue weighted by molar-refractivity contribution is 0.195. The molecule has 0 aliphatic heterocycles. The molecule has 0 aliphatic rings. The molecule has 0 aromatic heterocycles. The summed E-state index contributed by atoms with van der Waals surface area (Å²) in [4.78, 5) is 13.6. The lowest BCUT2D eigenvalue weighted by Crippen LogP contribution is -2.37. The first-order valence-corrected chi connectivity index (χ1v) is 7.13. The third-order valence-electron chi connectivity index (χ3n) is 2.92. The molecule has 5 nitrogen and oxygen atoms in total. The van der Waals surface area contributed by atoms with E-state index in [4.69, 9.17) is 9.84 Å². The number of urea groups is 1. The zero-order chi connectivity index (χ0) is 15.7. The Labute approximate surface area is 126 Å². The lowest BCUT2D eigenvalue weighted by Gasteiger charge is -2.21. The predicted molar refractivity (Wildman–Crippen MR) is 84.8 cm³/mol. The van der Waals surface area contributed by atoms with Crippen molar-refractivity contribution in [1.82, 2.24) is 4.90 Å². The van der Waals surface area contributed by atoms with Crippen molar-refractivity contribution in [2.75, 3.05) is 31.6 Å². The minimum atomic E-state index is -0.255. The molecule has 1 aromatic carbocycles. The van der Waals surface area contributed by atoms with Crippen LogP contribution in [0.2, 0.25) is 0 Å². The normalized spacial score (nSPS) is 10.0. The largest absolute Gasteiger partial charge is 0.494 e. The fourth-order valence-corrected chi connectivity index (χ4v) is 1.83. The summed E-state index contributed by atoms with van der Waals surface area (Å²) in [5.74, 6) is 0.797. The van der Waals surface area contributed by atoms with E-state index in [1.165, 1.54) is 4.90 Å². The van der Waals surface area contributed by atoms with Gasteiger partial charge in [0, 0.05) is 18.8 Å². The van der Waals surface area contributed by atoms with E-state index >= 15 is 0 Å². The van der Waals surface area contributed by atoms with Crippen molar-refractivity contribution >= 4 is 11.7 Å². The summed E-state index contributed by atoms with van der Waals surface area (Å²) in [6.07, 6.45) is 2.58. The van der Waals surface area contributed by atoms with Crippen molar-refractivity contribution in [3.63, 3.8) is 0 Å². The molecule has 0 heterocycles. The van der Waals surface area contributed by atoms with Gasteiger partial charge in [-0.25, -0.2) is 4.79 Å². The number of nitrogens with zero attached hydrogens (tertiary/aromatic N) is 1. The van der Waals surface area contributed by atoms with Crippen LogP contribution < -0.4 is 10.1 Å². The van der Waals surface area contributed by atoms with Gasteiger partial charge in [-0.3, -0.25) is 0 Å². The van der Waals surface area contributed by atoms with Crippen LogP contribution in [-0.4, -0.2) is 42.3 Å². The van der Waals surface area contributed by atoms with Gasteiger partial charge in [0.15, 0.2) is 0 Å². The molecule has 0 saturated heterocycles. The third kappa shape index (κ3) is 5.47. The summed E-state index contributed by atoms with van der Waals surface area (Å²) in [5.41, 5.74) is 1.66. The Kier molecular flexibility index (Phi) is 7.32. The number of ether oxygens (including phenoxy) is 1. The molecule has 2 N–H and O–H groups in total. The van der Waals surface area contributed by atoms with E-state index in [9.17, 15) is 4.79 Å². The van der Waals surface area contributed by atoms with E-state index in [0.29, 0.717) is 13.2 Å². The number of rotatable bonds is 8. The molecular weight excluding hydrogens is 268 g/mol. The molecule has 0 bridgehead atoms. The molecule has 5 heteroatoms. The van der Waals surface area contributed by atoms with Crippen LogP contribution in [0.1, 0.15) is 18.9 Å². The van der Waals surface area contributed by atoms with E-state index in [1.807, 2.05) is 25.1 Å². The molecule has 1 aromatic rings. The number of benzene rings is 1. The van der Waals surface area contributed by atoms with Gasteiger partial charge in [-0.2, -0.15) is 0 Å².